The predicted octanol–water partition coefficient (Wildman–Crippen LogP) is 5.02. The van der Waals surface area contributed by atoms with Crippen molar-refractivity contribution in [1.82, 2.24) is 0 Å². The van der Waals surface area contributed by atoms with Gasteiger partial charge in [0.05, 0.1) is 10.6 Å². The first kappa shape index (κ1) is 21.4. The number of rotatable bonds is 5. The Balaban J connectivity index is 1.64. The van der Waals surface area contributed by atoms with Gasteiger partial charge in [0.25, 0.3) is 10.0 Å². The highest BCUT2D eigenvalue weighted by Gasteiger charge is 2.35. The molecule has 1 amide bonds. The van der Waals surface area contributed by atoms with Crippen LogP contribution in [-0.4, -0.2) is 20.1 Å². The van der Waals surface area contributed by atoms with E-state index in [0.29, 0.717) is 11.4 Å². The maximum Gasteiger partial charge on any atom is 0.261 e. The van der Waals surface area contributed by atoms with E-state index in [1.165, 1.54) is 23.9 Å². The fourth-order valence-corrected chi connectivity index (χ4v) is 5.80. The molecule has 1 fully saturated rings. The number of amides is 1. The van der Waals surface area contributed by atoms with Gasteiger partial charge in [-0.3, -0.25) is 14.4 Å². The molecule has 4 rings (SSSR count). The molecule has 1 atom stereocenters. The molecule has 3 aromatic carbocycles. The summed E-state index contributed by atoms with van der Waals surface area (Å²) in [4.78, 5) is 14.4. The third-order valence-electron chi connectivity index (χ3n) is 5.03. The van der Waals surface area contributed by atoms with Gasteiger partial charge in [0.2, 0.25) is 5.91 Å². The van der Waals surface area contributed by atoms with E-state index in [2.05, 4.69) is 4.72 Å². The Bertz CT molecular complexity index is 1240. The quantitative estimate of drug-likeness (QED) is 0.585. The van der Waals surface area contributed by atoms with E-state index in [1.807, 2.05) is 38.1 Å². The summed E-state index contributed by atoms with van der Waals surface area (Å²) in [6.07, 6.45) is 0. The lowest BCUT2D eigenvalue weighted by atomic mass is 10.1. The number of nitrogens with zero attached hydrogens (tertiary/aromatic N) is 1. The molecule has 5 nitrogen and oxygen atoms in total. The van der Waals surface area contributed by atoms with Crippen molar-refractivity contribution in [3.8, 4) is 0 Å². The molecule has 1 heterocycles. The molecular weight excluding hydrogens is 435 g/mol. The number of anilines is 2. The zero-order chi connectivity index (χ0) is 22.2. The molecule has 31 heavy (non-hydrogen) atoms. The van der Waals surface area contributed by atoms with Crippen molar-refractivity contribution in [3.05, 3.63) is 89.2 Å². The van der Waals surface area contributed by atoms with Crippen molar-refractivity contribution >= 4 is 39.1 Å². The second kappa shape index (κ2) is 8.36. The number of carbonyl (C=O) groups is 1. The van der Waals surface area contributed by atoms with Gasteiger partial charge in [0.1, 0.15) is 11.2 Å². The van der Waals surface area contributed by atoms with Crippen LogP contribution in [0.2, 0.25) is 0 Å². The highest BCUT2D eigenvalue weighted by atomic mass is 32.2. The molecule has 0 aromatic heterocycles. The largest absolute Gasteiger partial charge is 0.295 e. The van der Waals surface area contributed by atoms with Crippen LogP contribution in [0.1, 0.15) is 22.1 Å². The average Bonchev–Trinajstić information content (AvgIpc) is 3.09. The molecule has 1 N–H and O–H groups in total. The highest BCUT2D eigenvalue weighted by molar-refractivity contribution is 8.00. The van der Waals surface area contributed by atoms with E-state index in [-0.39, 0.29) is 16.2 Å². The summed E-state index contributed by atoms with van der Waals surface area (Å²) in [5.41, 5.74) is 4.17. The number of hydrogen-bond donors (Lipinski definition) is 1. The van der Waals surface area contributed by atoms with Gasteiger partial charge >= 0.3 is 0 Å². The zero-order valence-electron chi connectivity index (χ0n) is 17.0. The van der Waals surface area contributed by atoms with Gasteiger partial charge in [-0.25, -0.2) is 12.8 Å². The Morgan fingerprint density at radius 2 is 1.77 bits per heavy atom. The van der Waals surface area contributed by atoms with Crippen LogP contribution >= 0.6 is 11.8 Å². The minimum absolute atomic E-state index is 0.0132. The number of sulfonamides is 1. The Morgan fingerprint density at radius 3 is 2.48 bits per heavy atom. The van der Waals surface area contributed by atoms with E-state index < -0.39 is 15.8 Å². The fraction of sp³-hybridized carbons (Fsp3) is 0.174. The lowest BCUT2D eigenvalue weighted by Gasteiger charge is -2.26. The topological polar surface area (TPSA) is 66.5 Å². The average molecular weight is 457 g/mol. The summed E-state index contributed by atoms with van der Waals surface area (Å²) < 4.78 is 41.0. The van der Waals surface area contributed by atoms with Crippen molar-refractivity contribution in [2.45, 2.75) is 24.1 Å². The van der Waals surface area contributed by atoms with Crippen molar-refractivity contribution in [2.24, 2.45) is 0 Å². The lowest BCUT2D eigenvalue weighted by molar-refractivity contribution is -0.115. The van der Waals surface area contributed by atoms with E-state index in [0.717, 1.165) is 34.5 Å². The summed E-state index contributed by atoms with van der Waals surface area (Å²) in [5.74, 6) is -0.140. The van der Waals surface area contributed by atoms with Crippen LogP contribution < -0.4 is 9.62 Å². The molecule has 8 heteroatoms. The van der Waals surface area contributed by atoms with Crippen LogP contribution in [-0.2, 0) is 14.8 Å². The van der Waals surface area contributed by atoms with Crippen LogP contribution in [0, 0.1) is 19.7 Å². The molecule has 160 valence electrons. The van der Waals surface area contributed by atoms with Crippen molar-refractivity contribution in [1.29, 1.82) is 0 Å². The molecule has 1 unspecified atom stereocenters. The number of carbonyl (C=O) groups excluding carboxylic acids is 1. The number of aryl methyl sites for hydroxylation is 2. The van der Waals surface area contributed by atoms with E-state index in [1.54, 1.807) is 23.1 Å². The van der Waals surface area contributed by atoms with Gasteiger partial charge < -0.3 is 0 Å². The molecule has 0 bridgehead atoms. The van der Waals surface area contributed by atoms with E-state index >= 15 is 0 Å². The van der Waals surface area contributed by atoms with Crippen LogP contribution in [0.3, 0.4) is 0 Å². The van der Waals surface area contributed by atoms with Gasteiger partial charge in [-0.05, 0) is 67.4 Å². The number of nitrogens with one attached hydrogen (secondary N) is 1. The second-order valence-corrected chi connectivity index (χ2v) is 10.2. The summed E-state index contributed by atoms with van der Waals surface area (Å²) in [5, 5.41) is -0.260. The first-order valence-electron chi connectivity index (χ1n) is 9.64. The Morgan fingerprint density at radius 1 is 1.03 bits per heavy atom. The number of halogens is 1. The fourth-order valence-electron chi connectivity index (χ4n) is 3.59. The minimum atomic E-state index is -3.86. The molecule has 0 spiro atoms. The first-order valence-corrected chi connectivity index (χ1v) is 12.2. The molecule has 1 aliphatic rings. The van der Waals surface area contributed by atoms with Crippen LogP contribution in [0.15, 0.2) is 71.6 Å². The van der Waals surface area contributed by atoms with Gasteiger partial charge in [0, 0.05) is 11.4 Å². The predicted molar refractivity (Wildman–Crippen MR) is 122 cm³/mol. The van der Waals surface area contributed by atoms with Crippen molar-refractivity contribution in [3.63, 3.8) is 0 Å². The minimum Gasteiger partial charge on any atom is -0.295 e. The third kappa shape index (κ3) is 4.45. The summed E-state index contributed by atoms with van der Waals surface area (Å²) >= 11 is 1.50. The summed E-state index contributed by atoms with van der Waals surface area (Å²) in [6, 6.07) is 17.6. The Kier molecular flexibility index (Phi) is 5.77. The van der Waals surface area contributed by atoms with Gasteiger partial charge in [-0.1, -0.05) is 29.8 Å². The summed E-state index contributed by atoms with van der Waals surface area (Å²) in [7, 11) is -3.86. The molecule has 0 radical (unpaired) electrons. The van der Waals surface area contributed by atoms with Gasteiger partial charge in [-0.2, -0.15) is 0 Å². The van der Waals surface area contributed by atoms with Crippen LogP contribution in [0.4, 0.5) is 15.8 Å². The number of hydrogen-bond acceptors (Lipinski definition) is 4. The first-order chi connectivity index (χ1) is 14.7. The van der Waals surface area contributed by atoms with Crippen LogP contribution in [0.25, 0.3) is 0 Å². The zero-order valence-corrected chi connectivity index (χ0v) is 18.6. The Hall–Kier alpha value is -2.84. The summed E-state index contributed by atoms with van der Waals surface area (Å²) in [6.45, 7) is 3.98. The molecule has 3 aromatic rings. The molecule has 1 saturated heterocycles. The normalized spacial score (nSPS) is 16.5. The monoisotopic (exact) mass is 456 g/mol. The SMILES string of the molecule is Cc1ccc(N2C(=O)CSC2c2cccc(NS(=O)(=O)c3ccc(F)cc3)c2)c(C)c1. The third-order valence-corrected chi connectivity index (χ3v) is 7.64. The smallest absolute Gasteiger partial charge is 0.261 e. The van der Waals surface area contributed by atoms with Crippen molar-refractivity contribution in [2.75, 3.05) is 15.4 Å². The maximum atomic E-state index is 13.1. The van der Waals surface area contributed by atoms with E-state index in [9.17, 15) is 17.6 Å². The maximum absolute atomic E-state index is 13.1. The van der Waals surface area contributed by atoms with Crippen LogP contribution in [0.5, 0.6) is 0 Å². The molecule has 0 saturated carbocycles. The molecular formula is C23H21FN2O3S2. The standard InChI is InChI=1S/C23H21FN2O3S2/c1-15-6-11-21(16(2)12-15)26-22(27)14-30-23(26)17-4-3-5-19(13-17)25-31(28,29)20-9-7-18(24)8-10-20/h3-13,23,25H,14H2,1-2H3. The van der Waals surface area contributed by atoms with Crippen molar-refractivity contribution < 1.29 is 17.6 Å². The Labute approximate surface area is 185 Å². The van der Waals surface area contributed by atoms with Gasteiger partial charge in [0.15, 0.2) is 0 Å². The highest BCUT2D eigenvalue weighted by Crippen LogP contribution is 2.43. The van der Waals surface area contributed by atoms with E-state index in [4.69, 9.17) is 0 Å². The molecule has 1 aliphatic heterocycles. The van der Waals surface area contributed by atoms with Gasteiger partial charge in [-0.15, -0.1) is 11.8 Å². The lowest BCUT2D eigenvalue weighted by Crippen LogP contribution is -2.28. The number of thioether (sulfide) groups is 1. The molecule has 0 aliphatic carbocycles. The second-order valence-electron chi connectivity index (χ2n) is 7.40. The number of benzene rings is 3.